The van der Waals surface area contributed by atoms with Gasteiger partial charge in [0.05, 0.1) is 16.6 Å². The first kappa shape index (κ1) is 15.9. The number of rotatable bonds is 4. The van der Waals surface area contributed by atoms with Gasteiger partial charge < -0.3 is 9.73 Å². The van der Waals surface area contributed by atoms with Gasteiger partial charge in [0.25, 0.3) is 0 Å². The van der Waals surface area contributed by atoms with Crippen LogP contribution < -0.4 is 5.32 Å². The molecule has 0 spiro atoms. The fourth-order valence-electron chi connectivity index (χ4n) is 2.04. The number of furan rings is 1. The summed E-state index contributed by atoms with van der Waals surface area (Å²) in [6.07, 6.45) is -4.49. The average Bonchev–Trinajstić information content (AvgIpc) is 2.88. The molecule has 6 heteroatoms. The van der Waals surface area contributed by atoms with E-state index in [-0.39, 0.29) is 11.1 Å². The molecule has 0 amide bonds. The van der Waals surface area contributed by atoms with Crippen LogP contribution in [0, 0.1) is 0 Å². The van der Waals surface area contributed by atoms with E-state index in [1.54, 1.807) is 12.1 Å². The van der Waals surface area contributed by atoms with Gasteiger partial charge in [-0.25, -0.2) is 0 Å². The molecule has 0 bridgehead atoms. The summed E-state index contributed by atoms with van der Waals surface area (Å²) in [5, 5.41) is 2.86. The number of nitrogens with one attached hydrogen (secondary N) is 1. The predicted molar refractivity (Wildman–Crippen MR) is 76.2 cm³/mol. The second-order valence-electron chi connectivity index (χ2n) is 4.67. The molecule has 1 aromatic carbocycles. The van der Waals surface area contributed by atoms with Crippen LogP contribution in [0.3, 0.4) is 0 Å². The van der Waals surface area contributed by atoms with Crippen LogP contribution in [0.5, 0.6) is 0 Å². The molecule has 0 radical (unpaired) electrons. The molecule has 1 unspecified atom stereocenters. The van der Waals surface area contributed by atoms with E-state index in [2.05, 4.69) is 5.32 Å². The minimum Gasteiger partial charge on any atom is -0.459 e. The summed E-state index contributed by atoms with van der Waals surface area (Å²) >= 11 is 5.60. The molecule has 114 valence electrons. The third-order valence-electron chi connectivity index (χ3n) is 3.12. The lowest BCUT2D eigenvalue weighted by Crippen LogP contribution is -2.16. The molecule has 0 fully saturated rings. The van der Waals surface area contributed by atoms with Crippen molar-refractivity contribution in [1.29, 1.82) is 0 Å². The Labute approximate surface area is 125 Å². The monoisotopic (exact) mass is 317 g/mol. The number of hydrogen-bond acceptors (Lipinski definition) is 2. The van der Waals surface area contributed by atoms with Crippen molar-refractivity contribution in [2.75, 3.05) is 6.54 Å². The van der Waals surface area contributed by atoms with Crippen molar-refractivity contribution in [2.45, 2.75) is 26.1 Å². The standard InChI is InChI=1S/C15H15ClF3NO/c1-3-20-9(2)13-6-7-14(21-13)10-4-5-12(16)11(8-10)15(17,18)19/h4-9,20H,3H2,1-2H3. The first-order chi connectivity index (χ1) is 9.82. The highest BCUT2D eigenvalue weighted by atomic mass is 35.5. The fourth-order valence-corrected chi connectivity index (χ4v) is 2.27. The quantitative estimate of drug-likeness (QED) is 0.829. The SMILES string of the molecule is CCNC(C)c1ccc(-c2ccc(Cl)c(C(F)(F)F)c2)o1. The average molecular weight is 318 g/mol. The van der Waals surface area contributed by atoms with Crippen molar-refractivity contribution >= 4 is 11.6 Å². The van der Waals surface area contributed by atoms with Gasteiger partial charge in [0.15, 0.2) is 0 Å². The van der Waals surface area contributed by atoms with Crippen molar-refractivity contribution in [3.05, 3.63) is 46.7 Å². The third kappa shape index (κ3) is 3.60. The van der Waals surface area contributed by atoms with Gasteiger partial charge in [-0.3, -0.25) is 0 Å². The van der Waals surface area contributed by atoms with E-state index in [1.165, 1.54) is 12.1 Å². The largest absolute Gasteiger partial charge is 0.459 e. The Kier molecular flexibility index (Phi) is 4.64. The van der Waals surface area contributed by atoms with Gasteiger partial charge in [-0.1, -0.05) is 18.5 Å². The minimum absolute atomic E-state index is 0.00173. The van der Waals surface area contributed by atoms with Crippen molar-refractivity contribution in [3.63, 3.8) is 0 Å². The van der Waals surface area contributed by atoms with Crippen LogP contribution in [0.1, 0.15) is 31.2 Å². The second kappa shape index (κ2) is 6.12. The first-order valence-corrected chi connectivity index (χ1v) is 6.91. The van der Waals surface area contributed by atoms with Gasteiger partial charge in [-0.05, 0) is 43.8 Å². The summed E-state index contributed by atoms with van der Waals surface area (Å²) in [6, 6.07) is 7.16. The summed E-state index contributed by atoms with van der Waals surface area (Å²) in [6.45, 7) is 4.67. The molecule has 0 aliphatic carbocycles. The highest BCUT2D eigenvalue weighted by Crippen LogP contribution is 2.37. The van der Waals surface area contributed by atoms with Crippen LogP contribution in [-0.2, 0) is 6.18 Å². The molecule has 2 rings (SSSR count). The Balaban J connectivity index is 2.35. The topological polar surface area (TPSA) is 25.2 Å². The molecule has 0 saturated heterocycles. The Hall–Kier alpha value is -1.46. The Morgan fingerprint density at radius 2 is 1.95 bits per heavy atom. The molecule has 1 N–H and O–H groups in total. The maximum atomic E-state index is 12.9. The van der Waals surface area contributed by atoms with E-state index in [9.17, 15) is 13.2 Å². The maximum Gasteiger partial charge on any atom is 0.417 e. The van der Waals surface area contributed by atoms with Crippen LogP contribution in [0.15, 0.2) is 34.7 Å². The van der Waals surface area contributed by atoms with Crippen molar-refractivity contribution < 1.29 is 17.6 Å². The first-order valence-electron chi connectivity index (χ1n) is 6.53. The lowest BCUT2D eigenvalue weighted by Gasteiger charge is -2.10. The maximum absolute atomic E-state index is 12.9. The lowest BCUT2D eigenvalue weighted by molar-refractivity contribution is -0.137. The van der Waals surface area contributed by atoms with Gasteiger partial charge >= 0.3 is 6.18 Å². The van der Waals surface area contributed by atoms with Crippen LogP contribution in [-0.4, -0.2) is 6.54 Å². The smallest absolute Gasteiger partial charge is 0.417 e. The Morgan fingerprint density at radius 3 is 2.57 bits per heavy atom. The van der Waals surface area contributed by atoms with E-state index in [0.717, 1.165) is 12.6 Å². The van der Waals surface area contributed by atoms with Gasteiger partial charge in [-0.15, -0.1) is 0 Å². The zero-order chi connectivity index (χ0) is 15.6. The van der Waals surface area contributed by atoms with E-state index in [4.69, 9.17) is 16.0 Å². The summed E-state index contributed by atoms with van der Waals surface area (Å²) in [4.78, 5) is 0. The summed E-state index contributed by atoms with van der Waals surface area (Å²) in [7, 11) is 0. The fraction of sp³-hybridized carbons (Fsp3) is 0.333. The number of hydrogen-bond donors (Lipinski definition) is 1. The molecule has 21 heavy (non-hydrogen) atoms. The molecular formula is C15H15ClF3NO. The van der Waals surface area contributed by atoms with Crippen LogP contribution in [0.25, 0.3) is 11.3 Å². The zero-order valence-electron chi connectivity index (χ0n) is 11.6. The molecule has 0 aliphatic rings. The molecule has 0 aliphatic heterocycles. The highest BCUT2D eigenvalue weighted by Gasteiger charge is 2.33. The molecule has 1 heterocycles. The Morgan fingerprint density at radius 1 is 1.24 bits per heavy atom. The van der Waals surface area contributed by atoms with E-state index >= 15 is 0 Å². The second-order valence-corrected chi connectivity index (χ2v) is 5.08. The Bertz CT molecular complexity index is 622. The van der Waals surface area contributed by atoms with Crippen LogP contribution >= 0.6 is 11.6 Å². The lowest BCUT2D eigenvalue weighted by atomic mass is 10.1. The van der Waals surface area contributed by atoms with Gasteiger partial charge in [0.2, 0.25) is 0 Å². The number of benzene rings is 1. The summed E-state index contributed by atoms with van der Waals surface area (Å²) in [5.41, 5.74) is -0.513. The van der Waals surface area contributed by atoms with E-state index in [0.29, 0.717) is 17.1 Å². The summed E-state index contributed by atoms with van der Waals surface area (Å²) in [5.74, 6) is 1.06. The summed E-state index contributed by atoms with van der Waals surface area (Å²) < 4.78 is 44.2. The zero-order valence-corrected chi connectivity index (χ0v) is 12.3. The number of halogens is 4. The third-order valence-corrected chi connectivity index (χ3v) is 3.45. The van der Waals surface area contributed by atoms with Gasteiger partial charge in [0.1, 0.15) is 11.5 Å². The molecule has 1 aromatic heterocycles. The van der Waals surface area contributed by atoms with Crippen LogP contribution in [0.4, 0.5) is 13.2 Å². The normalized spacial score (nSPS) is 13.4. The molecule has 0 saturated carbocycles. The molecule has 1 atom stereocenters. The minimum atomic E-state index is -4.49. The number of alkyl halides is 3. The van der Waals surface area contributed by atoms with E-state index < -0.39 is 11.7 Å². The van der Waals surface area contributed by atoms with Crippen molar-refractivity contribution in [1.82, 2.24) is 5.32 Å². The van der Waals surface area contributed by atoms with Gasteiger partial charge in [-0.2, -0.15) is 13.2 Å². The van der Waals surface area contributed by atoms with Gasteiger partial charge in [0, 0.05) is 5.56 Å². The predicted octanol–water partition coefficient (Wildman–Crippen LogP) is 5.29. The molecule has 2 nitrogen and oxygen atoms in total. The molecule has 2 aromatic rings. The van der Waals surface area contributed by atoms with Crippen LogP contribution in [0.2, 0.25) is 5.02 Å². The molecular weight excluding hydrogens is 303 g/mol. The van der Waals surface area contributed by atoms with Crippen molar-refractivity contribution in [2.24, 2.45) is 0 Å². The highest BCUT2D eigenvalue weighted by molar-refractivity contribution is 6.31. The van der Waals surface area contributed by atoms with Crippen molar-refractivity contribution in [3.8, 4) is 11.3 Å². The van der Waals surface area contributed by atoms with E-state index in [1.807, 2.05) is 13.8 Å².